The van der Waals surface area contributed by atoms with Crippen molar-refractivity contribution in [2.45, 2.75) is 31.2 Å². The fourth-order valence-corrected chi connectivity index (χ4v) is 2.45. The second kappa shape index (κ2) is 5.87. The van der Waals surface area contributed by atoms with E-state index >= 15 is 0 Å². The van der Waals surface area contributed by atoms with Crippen LogP contribution in [0.5, 0.6) is 0 Å². The maximum Gasteiger partial charge on any atom is 0.256 e. The van der Waals surface area contributed by atoms with Crippen molar-refractivity contribution in [2.75, 3.05) is 12.8 Å². The third kappa shape index (κ3) is 2.98. The van der Waals surface area contributed by atoms with Crippen LogP contribution >= 0.6 is 11.8 Å². The number of carbonyl (C=O) groups is 1. The summed E-state index contributed by atoms with van der Waals surface area (Å²) in [5, 5.41) is 6.03. The standard InChI is InChI=1S/C15H21N3OS/c1-10(2)9-16-14-17-13(19)15(3,18-14)11-5-7-12(20-4)8-6-11/h5-8,10H,9H2,1-4H3,(H2,16,17,18,19). The van der Waals surface area contributed by atoms with Gasteiger partial charge in [0.1, 0.15) is 5.54 Å². The molecule has 0 saturated carbocycles. The van der Waals surface area contributed by atoms with Gasteiger partial charge in [-0.25, -0.2) is 0 Å². The number of hydrogen-bond donors (Lipinski definition) is 2. The molecule has 1 aliphatic heterocycles. The molecule has 0 aromatic heterocycles. The van der Waals surface area contributed by atoms with Crippen LogP contribution in [-0.2, 0) is 10.3 Å². The Labute approximate surface area is 124 Å². The average Bonchev–Trinajstić information content (AvgIpc) is 2.73. The molecule has 1 fully saturated rings. The van der Waals surface area contributed by atoms with Gasteiger partial charge in [0.15, 0.2) is 5.96 Å². The molecule has 1 amide bonds. The van der Waals surface area contributed by atoms with Crippen LogP contribution in [-0.4, -0.2) is 24.7 Å². The van der Waals surface area contributed by atoms with Crippen LogP contribution in [0, 0.1) is 5.92 Å². The van der Waals surface area contributed by atoms with Gasteiger partial charge in [-0.05, 0) is 36.8 Å². The van der Waals surface area contributed by atoms with Gasteiger partial charge in [0.05, 0.1) is 0 Å². The molecule has 4 nitrogen and oxygen atoms in total. The first-order valence-corrected chi connectivity index (χ1v) is 7.97. The number of nitrogens with one attached hydrogen (secondary N) is 2. The molecule has 1 aliphatic rings. The van der Waals surface area contributed by atoms with Crippen molar-refractivity contribution < 1.29 is 4.79 Å². The summed E-state index contributed by atoms with van der Waals surface area (Å²) < 4.78 is 0. The molecular formula is C15H21N3OS. The Morgan fingerprint density at radius 3 is 2.50 bits per heavy atom. The predicted molar refractivity (Wildman–Crippen MR) is 84.0 cm³/mol. The maximum atomic E-state index is 12.2. The van der Waals surface area contributed by atoms with E-state index in [-0.39, 0.29) is 5.91 Å². The number of hydrogen-bond acceptors (Lipinski definition) is 3. The van der Waals surface area contributed by atoms with Gasteiger partial charge in [-0.1, -0.05) is 26.0 Å². The first-order valence-electron chi connectivity index (χ1n) is 6.74. The number of thioether (sulfide) groups is 1. The van der Waals surface area contributed by atoms with E-state index < -0.39 is 5.54 Å². The molecule has 0 bridgehead atoms. The minimum Gasteiger partial charge on any atom is -0.338 e. The van der Waals surface area contributed by atoms with E-state index in [1.54, 1.807) is 11.8 Å². The van der Waals surface area contributed by atoms with Crippen LogP contribution in [0.2, 0.25) is 0 Å². The molecule has 5 heteroatoms. The minimum atomic E-state index is -0.743. The van der Waals surface area contributed by atoms with Crippen molar-refractivity contribution in [2.24, 2.45) is 10.9 Å². The topological polar surface area (TPSA) is 53.5 Å². The Hall–Kier alpha value is -1.49. The molecule has 1 atom stereocenters. The summed E-state index contributed by atoms with van der Waals surface area (Å²) in [6, 6.07) is 8.04. The zero-order valence-electron chi connectivity index (χ0n) is 12.4. The molecule has 108 valence electrons. The molecule has 1 aromatic carbocycles. The van der Waals surface area contributed by atoms with Crippen molar-refractivity contribution in [1.82, 2.24) is 10.6 Å². The summed E-state index contributed by atoms with van der Waals surface area (Å²) in [5.74, 6) is 0.978. The predicted octanol–water partition coefficient (Wildman–Crippen LogP) is 2.36. The number of benzene rings is 1. The molecule has 0 spiro atoms. The van der Waals surface area contributed by atoms with Gasteiger partial charge in [0.25, 0.3) is 5.91 Å². The highest BCUT2D eigenvalue weighted by Crippen LogP contribution is 2.26. The molecule has 0 aliphatic carbocycles. The summed E-state index contributed by atoms with van der Waals surface area (Å²) in [4.78, 5) is 17.8. The van der Waals surface area contributed by atoms with Gasteiger partial charge in [-0.2, -0.15) is 0 Å². The van der Waals surface area contributed by atoms with Crippen molar-refractivity contribution in [3.8, 4) is 0 Å². The summed E-state index contributed by atoms with van der Waals surface area (Å²) in [6.45, 7) is 6.78. The van der Waals surface area contributed by atoms with Crippen LogP contribution in [0.15, 0.2) is 34.2 Å². The van der Waals surface area contributed by atoms with Gasteiger partial charge >= 0.3 is 0 Å². The fourth-order valence-electron chi connectivity index (χ4n) is 2.04. The number of guanidine groups is 1. The molecule has 2 N–H and O–H groups in total. The Balaban J connectivity index is 2.21. The third-order valence-corrected chi connectivity index (χ3v) is 4.08. The lowest BCUT2D eigenvalue weighted by Crippen LogP contribution is -2.40. The highest BCUT2D eigenvalue weighted by atomic mass is 32.2. The Kier molecular flexibility index (Phi) is 4.38. The van der Waals surface area contributed by atoms with E-state index in [4.69, 9.17) is 0 Å². The van der Waals surface area contributed by atoms with E-state index in [9.17, 15) is 4.79 Å². The van der Waals surface area contributed by atoms with Crippen molar-refractivity contribution in [1.29, 1.82) is 0 Å². The molecular weight excluding hydrogens is 270 g/mol. The van der Waals surface area contributed by atoms with Gasteiger partial charge in [-0.15, -0.1) is 11.8 Å². The number of nitrogens with zero attached hydrogens (tertiary/aromatic N) is 1. The Bertz CT molecular complexity index is 524. The van der Waals surface area contributed by atoms with E-state index in [2.05, 4.69) is 29.5 Å². The van der Waals surface area contributed by atoms with Gasteiger partial charge in [0, 0.05) is 11.4 Å². The van der Waals surface area contributed by atoms with Gasteiger partial charge in [0.2, 0.25) is 0 Å². The highest BCUT2D eigenvalue weighted by molar-refractivity contribution is 7.98. The quantitative estimate of drug-likeness (QED) is 0.837. The SMILES string of the molecule is CSc1ccc(C2(C)NC(=NCC(C)C)NC2=O)cc1. The normalized spacial score (nSPS) is 24.1. The summed E-state index contributed by atoms with van der Waals surface area (Å²) in [7, 11) is 0. The van der Waals surface area contributed by atoms with E-state index in [1.165, 1.54) is 4.90 Å². The first kappa shape index (κ1) is 14.9. The lowest BCUT2D eigenvalue weighted by molar-refractivity contribution is -0.123. The number of carbonyl (C=O) groups excluding carboxylic acids is 1. The van der Waals surface area contributed by atoms with Crippen molar-refractivity contribution >= 4 is 23.6 Å². The zero-order chi connectivity index (χ0) is 14.8. The molecule has 2 rings (SSSR count). The van der Waals surface area contributed by atoms with Crippen molar-refractivity contribution in [3.63, 3.8) is 0 Å². The maximum absolute atomic E-state index is 12.2. The van der Waals surface area contributed by atoms with Crippen LogP contribution in [0.1, 0.15) is 26.3 Å². The number of rotatable bonds is 4. The van der Waals surface area contributed by atoms with E-state index in [1.807, 2.05) is 37.4 Å². The van der Waals surface area contributed by atoms with Gasteiger partial charge < -0.3 is 5.32 Å². The summed E-state index contributed by atoms with van der Waals surface area (Å²) in [5.41, 5.74) is 0.204. The molecule has 1 heterocycles. The number of aliphatic imine (C=N–C) groups is 1. The second-order valence-corrected chi connectivity index (χ2v) is 6.40. The van der Waals surface area contributed by atoms with E-state index in [0.29, 0.717) is 18.4 Å². The largest absolute Gasteiger partial charge is 0.338 e. The third-order valence-electron chi connectivity index (χ3n) is 3.34. The van der Waals surface area contributed by atoms with Crippen molar-refractivity contribution in [3.05, 3.63) is 29.8 Å². The first-order chi connectivity index (χ1) is 9.45. The van der Waals surface area contributed by atoms with Crippen LogP contribution < -0.4 is 10.6 Å². The summed E-state index contributed by atoms with van der Waals surface area (Å²) in [6.07, 6.45) is 2.04. The Morgan fingerprint density at radius 2 is 1.95 bits per heavy atom. The molecule has 20 heavy (non-hydrogen) atoms. The lowest BCUT2D eigenvalue weighted by Gasteiger charge is -2.21. The molecule has 1 aromatic rings. The van der Waals surface area contributed by atoms with Crippen LogP contribution in [0.4, 0.5) is 0 Å². The summed E-state index contributed by atoms with van der Waals surface area (Å²) >= 11 is 1.69. The smallest absolute Gasteiger partial charge is 0.256 e. The monoisotopic (exact) mass is 291 g/mol. The number of amides is 1. The van der Waals surface area contributed by atoms with Crippen LogP contribution in [0.25, 0.3) is 0 Å². The lowest BCUT2D eigenvalue weighted by atomic mass is 9.92. The Morgan fingerprint density at radius 1 is 1.30 bits per heavy atom. The highest BCUT2D eigenvalue weighted by Gasteiger charge is 2.42. The minimum absolute atomic E-state index is 0.0584. The second-order valence-electron chi connectivity index (χ2n) is 5.52. The molecule has 0 radical (unpaired) electrons. The van der Waals surface area contributed by atoms with Crippen LogP contribution in [0.3, 0.4) is 0 Å². The fraction of sp³-hybridized carbons (Fsp3) is 0.467. The van der Waals surface area contributed by atoms with Gasteiger partial charge in [-0.3, -0.25) is 15.1 Å². The zero-order valence-corrected chi connectivity index (χ0v) is 13.2. The van der Waals surface area contributed by atoms with E-state index in [0.717, 1.165) is 5.56 Å². The average molecular weight is 291 g/mol. The molecule has 1 unspecified atom stereocenters. The molecule has 1 saturated heterocycles.